The van der Waals surface area contributed by atoms with Gasteiger partial charge < -0.3 is 15.4 Å². The fourth-order valence-electron chi connectivity index (χ4n) is 1.52. The summed E-state index contributed by atoms with van der Waals surface area (Å²) in [5.41, 5.74) is 1.23. The maximum atomic E-state index is 9.13. The first-order chi connectivity index (χ1) is 6.72. The van der Waals surface area contributed by atoms with E-state index >= 15 is 0 Å². The molecule has 0 saturated heterocycles. The van der Waals surface area contributed by atoms with Crippen LogP contribution in [0.2, 0.25) is 0 Å². The molecule has 0 bridgehead atoms. The molecule has 1 unspecified atom stereocenters. The van der Waals surface area contributed by atoms with Crippen molar-refractivity contribution in [2.75, 3.05) is 6.61 Å². The molecule has 0 saturated carbocycles. The number of H-pyrrole nitrogens is 1. The fourth-order valence-corrected chi connectivity index (χ4v) is 1.52. The molecule has 0 aliphatic heterocycles. The van der Waals surface area contributed by atoms with Crippen LogP contribution in [0.15, 0.2) is 18.5 Å². The maximum absolute atomic E-state index is 9.13. The zero-order chi connectivity index (χ0) is 10.4. The van der Waals surface area contributed by atoms with Gasteiger partial charge in [0.1, 0.15) is 0 Å². The predicted octanol–water partition coefficient (Wildman–Crippen LogP) is 1.51. The van der Waals surface area contributed by atoms with Crippen molar-refractivity contribution in [3.63, 3.8) is 0 Å². The van der Waals surface area contributed by atoms with Crippen LogP contribution in [-0.4, -0.2) is 22.7 Å². The summed E-state index contributed by atoms with van der Waals surface area (Å²) in [5, 5.41) is 12.5. The monoisotopic (exact) mass is 196 g/mol. The molecule has 0 aromatic carbocycles. The predicted molar refractivity (Wildman–Crippen MR) is 58.0 cm³/mol. The Balaban J connectivity index is 2.27. The van der Waals surface area contributed by atoms with E-state index in [1.54, 1.807) is 0 Å². The van der Waals surface area contributed by atoms with Crippen molar-refractivity contribution < 1.29 is 5.11 Å². The van der Waals surface area contributed by atoms with Crippen LogP contribution in [0.5, 0.6) is 0 Å². The average molecular weight is 196 g/mol. The maximum Gasteiger partial charge on any atom is 0.0584 e. The lowest BCUT2D eigenvalue weighted by atomic mass is 10.0. The van der Waals surface area contributed by atoms with Crippen LogP contribution in [0, 0.1) is 5.92 Å². The van der Waals surface area contributed by atoms with Crippen molar-refractivity contribution in [1.29, 1.82) is 0 Å². The molecule has 0 amide bonds. The third-order valence-electron chi connectivity index (χ3n) is 2.23. The highest BCUT2D eigenvalue weighted by Gasteiger charge is 2.08. The van der Waals surface area contributed by atoms with Gasteiger partial charge in [0.2, 0.25) is 0 Å². The lowest BCUT2D eigenvalue weighted by Gasteiger charge is -2.17. The zero-order valence-electron chi connectivity index (χ0n) is 8.96. The second-order valence-corrected chi connectivity index (χ2v) is 4.11. The van der Waals surface area contributed by atoms with Crippen LogP contribution in [0.25, 0.3) is 0 Å². The van der Waals surface area contributed by atoms with Crippen LogP contribution >= 0.6 is 0 Å². The van der Waals surface area contributed by atoms with Crippen molar-refractivity contribution in [1.82, 2.24) is 10.3 Å². The molecule has 1 rings (SSSR count). The van der Waals surface area contributed by atoms with Gasteiger partial charge in [-0.25, -0.2) is 0 Å². The molecule has 80 valence electrons. The molecule has 3 N–H and O–H groups in total. The number of aromatic nitrogens is 1. The van der Waals surface area contributed by atoms with Crippen LogP contribution in [0.3, 0.4) is 0 Å². The number of hydrogen-bond donors (Lipinski definition) is 3. The third-order valence-corrected chi connectivity index (χ3v) is 2.23. The first-order valence-electron chi connectivity index (χ1n) is 5.18. The summed E-state index contributed by atoms with van der Waals surface area (Å²) in [6.45, 7) is 5.37. The van der Waals surface area contributed by atoms with Crippen LogP contribution in [-0.2, 0) is 6.54 Å². The second kappa shape index (κ2) is 5.83. The van der Waals surface area contributed by atoms with Gasteiger partial charge in [0.25, 0.3) is 0 Å². The van der Waals surface area contributed by atoms with E-state index in [9.17, 15) is 0 Å². The molecule has 0 radical (unpaired) electrons. The van der Waals surface area contributed by atoms with E-state index in [4.69, 9.17) is 5.11 Å². The summed E-state index contributed by atoms with van der Waals surface area (Å²) in [6.07, 6.45) is 4.89. The van der Waals surface area contributed by atoms with Gasteiger partial charge in [0.15, 0.2) is 0 Å². The summed E-state index contributed by atoms with van der Waals surface area (Å²) in [4.78, 5) is 3.01. The second-order valence-electron chi connectivity index (χ2n) is 4.11. The fraction of sp³-hybridized carbons (Fsp3) is 0.636. The molecular weight excluding hydrogens is 176 g/mol. The molecule has 1 aromatic heterocycles. The van der Waals surface area contributed by atoms with Gasteiger partial charge in [-0.2, -0.15) is 0 Å². The Morgan fingerprint density at radius 1 is 1.50 bits per heavy atom. The van der Waals surface area contributed by atoms with Gasteiger partial charge >= 0.3 is 0 Å². The molecule has 0 aliphatic carbocycles. The number of aliphatic hydroxyl groups is 1. The third kappa shape index (κ3) is 3.94. The highest BCUT2D eigenvalue weighted by Crippen LogP contribution is 2.05. The minimum atomic E-state index is 0.211. The van der Waals surface area contributed by atoms with Crippen LogP contribution in [0.4, 0.5) is 0 Å². The number of hydrogen-bond acceptors (Lipinski definition) is 2. The van der Waals surface area contributed by atoms with Crippen molar-refractivity contribution in [3.05, 3.63) is 24.0 Å². The van der Waals surface area contributed by atoms with E-state index in [-0.39, 0.29) is 12.6 Å². The molecule has 1 aromatic rings. The van der Waals surface area contributed by atoms with E-state index in [0.29, 0.717) is 5.92 Å². The summed E-state index contributed by atoms with van der Waals surface area (Å²) in [7, 11) is 0. The SMILES string of the molecule is CC(C)CC(CO)NCc1cc[nH]c1. The summed E-state index contributed by atoms with van der Waals surface area (Å²) in [5.74, 6) is 0.617. The summed E-state index contributed by atoms with van der Waals surface area (Å²) < 4.78 is 0. The molecular formula is C11H20N2O. The Kier molecular flexibility index (Phi) is 4.70. The molecule has 0 aliphatic rings. The van der Waals surface area contributed by atoms with E-state index in [0.717, 1.165) is 13.0 Å². The number of aromatic amines is 1. The van der Waals surface area contributed by atoms with Crippen LogP contribution in [0.1, 0.15) is 25.8 Å². The molecule has 3 heteroatoms. The normalized spacial score (nSPS) is 13.4. The van der Waals surface area contributed by atoms with Gasteiger partial charge in [0.05, 0.1) is 6.61 Å². The van der Waals surface area contributed by atoms with Gasteiger partial charge in [-0.3, -0.25) is 0 Å². The number of aliphatic hydroxyl groups excluding tert-OH is 1. The Morgan fingerprint density at radius 2 is 2.29 bits per heavy atom. The smallest absolute Gasteiger partial charge is 0.0584 e. The van der Waals surface area contributed by atoms with E-state index in [2.05, 4.69) is 24.1 Å². The molecule has 1 heterocycles. The highest BCUT2D eigenvalue weighted by molar-refractivity contribution is 5.07. The largest absolute Gasteiger partial charge is 0.395 e. The molecule has 0 fully saturated rings. The minimum Gasteiger partial charge on any atom is -0.395 e. The topological polar surface area (TPSA) is 48.0 Å². The van der Waals surface area contributed by atoms with Gasteiger partial charge in [-0.15, -0.1) is 0 Å². The lowest BCUT2D eigenvalue weighted by Crippen LogP contribution is -2.33. The van der Waals surface area contributed by atoms with Gasteiger partial charge in [-0.05, 0) is 24.0 Å². The molecule has 0 spiro atoms. The van der Waals surface area contributed by atoms with Gasteiger partial charge in [-0.1, -0.05) is 13.8 Å². The van der Waals surface area contributed by atoms with Gasteiger partial charge in [0, 0.05) is 25.0 Å². The highest BCUT2D eigenvalue weighted by atomic mass is 16.3. The Bertz CT molecular complexity index is 231. The lowest BCUT2D eigenvalue weighted by molar-refractivity contribution is 0.223. The van der Waals surface area contributed by atoms with E-state index in [1.165, 1.54) is 5.56 Å². The summed E-state index contributed by atoms with van der Waals surface area (Å²) >= 11 is 0. The Morgan fingerprint density at radius 3 is 2.79 bits per heavy atom. The number of rotatable bonds is 6. The van der Waals surface area contributed by atoms with E-state index < -0.39 is 0 Å². The standard InChI is InChI=1S/C11H20N2O/c1-9(2)5-11(8-14)13-7-10-3-4-12-6-10/h3-4,6,9,11-14H,5,7-8H2,1-2H3. The van der Waals surface area contributed by atoms with Crippen molar-refractivity contribution >= 4 is 0 Å². The Labute approximate surface area is 85.5 Å². The van der Waals surface area contributed by atoms with Crippen LogP contribution < -0.4 is 5.32 Å². The first kappa shape index (κ1) is 11.3. The first-order valence-corrected chi connectivity index (χ1v) is 5.18. The average Bonchev–Trinajstić information content (AvgIpc) is 2.64. The van der Waals surface area contributed by atoms with Crippen molar-refractivity contribution in [2.45, 2.75) is 32.9 Å². The minimum absolute atomic E-state index is 0.211. The van der Waals surface area contributed by atoms with E-state index in [1.807, 2.05) is 18.5 Å². The molecule has 3 nitrogen and oxygen atoms in total. The number of nitrogens with one attached hydrogen (secondary N) is 2. The Hall–Kier alpha value is -0.800. The van der Waals surface area contributed by atoms with Crippen molar-refractivity contribution in [3.8, 4) is 0 Å². The molecule has 14 heavy (non-hydrogen) atoms. The van der Waals surface area contributed by atoms with Crippen molar-refractivity contribution in [2.24, 2.45) is 5.92 Å². The quantitative estimate of drug-likeness (QED) is 0.646. The zero-order valence-corrected chi connectivity index (χ0v) is 8.96. The summed E-state index contributed by atoms with van der Waals surface area (Å²) in [6, 6.07) is 2.25. The molecule has 1 atom stereocenters.